The molecule has 0 unspecified atom stereocenters. The van der Waals surface area contributed by atoms with Gasteiger partial charge in [0.2, 0.25) is 0 Å². The quantitative estimate of drug-likeness (QED) is 0.571. The van der Waals surface area contributed by atoms with Crippen LogP contribution in [0, 0.1) is 0 Å². The molecule has 0 amide bonds. The third kappa shape index (κ3) is 5.71. The van der Waals surface area contributed by atoms with Crippen LogP contribution in [0.2, 0.25) is 0 Å². The van der Waals surface area contributed by atoms with Crippen LogP contribution in [0.15, 0.2) is 28.7 Å². The maximum atomic E-state index is 3.43. The number of unbranched alkanes of at least 4 members (excludes halogenated alkanes) is 2. The van der Waals surface area contributed by atoms with Crippen molar-refractivity contribution < 1.29 is 0 Å². The molecular weight excluding hydrogens is 236 g/mol. The molecule has 0 saturated heterocycles. The van der Waals surface area contributed by atoms with Gasteiger partial charge < -0.3 is 0 Å². The fourth-order valence-electron chi connectivity index (χ4n) is 1.23. The van der Waals surface area contributed by atoms with Gasteiger partial charge in [0.15, 0.2) is 0 Å². The smallest absolute Gasteiger partial charge is 0.0654 e. The van der Waals surface area contributed by atoms with Crippen molar-refractivity contribution in [3.05, 3.63) is 34.3 Å². The Hall–Kier alpha value is 0.466. The molecule has 1 aromatic carbocycles. The van der Waals surface area contributed by atoms with Gasteiger partial charge >= 0.3 is 23.1 Å². The molecule has 0 fully saturated rings. The molecule has 13 heavy (non-hydrogen) atoms. The average Bonchev–Trinajstić information content (AvgIpc) is 2.09. The molecular formula is C11H17BrMg. The standard InChI is InChI=1S/C11H15Br.Mg.2H/c1-2-3-4-5-10-6-8-11(12)9-7-10;;;/h6-9H,2-5H2,1H3;;;. The van der Waals surface area contributed by atoms with Crippen LogP contribution in [0.1, 0.15) is 31.7 Å². The molecule has 0 nitrogen and oxygen atoms in total. The summed E-state index contributed by atoms with van der Waals surface area (Å²) in [5.74, 6) is 0. The van der Waals surface area contributed by atoms with E-state index < -0.39 is 0 Å². The van der Waals surface area contributed by atoms with Crippen molar-refractivity contribution in [2.45, 2.75) is 32.6 Å². The normalized spacial score (nSPS) is 9.38. The van der Waals surface area contributed by atoms with Crippen molar-refractivity contribution in [2.75, 3.05) is 0 Å². The average molecular weight is 253 g/mol. The lowest BCUT2D eigenvalue weighted by Gasteiger charge is -1.99. The molecule has 0 heterocycles. The van der Waals surface area contributed by atoms with E-state index in [0.717, 1.165) is 0 Å². The number of benzene rings is 1. The highest BCUT2D eigenvalue weighted by molar-refractivity contribution is 9.10. The van der Waals surface area contributed by atoms with Gasteiger partial charge in [-0.2, -0.15) is 0 Å². The van der Waals surface area contributed by atoms with Crippen molar-refractivity contribution in [1.29, 1.82) is 0 Å². The molecule has 70 valence electrons. The third-order valence-corrected chi connectivity index (χ3v) is 2.51. The Morgan fingerprint density at radius 3 is 2.23 bits per heavy atom. The summed E-state index contributed by atoms with van der Waals surface area (Å²) >= 11 is 3.43. The minimum Gasteiger partial charge on any atom is -0.0654 e. The zero-order valence-corrected chi connectivity index (χ0v) is 9.10. The topological polar surface area (TPSA) is 0 Å². The second kappa shape index (κ2) is 7.83. The van der Waals surface area contributed by atoms with Crippen molar-refractivity contribution in [2.24, 2.45) is 0 Å². The molecule has 0 bridgehead atoms. The van der Waals surface area contributed by atoms with Crippen molar-refractivity contribution in [3.63, 3.8) is 0 Å². The van der Waals surface area contributed by atoms with Crippen LogP contribution >= 0.6 is 15.9 Å². The van der Waals surface area contributed by atoms with Gasteiger partial charge in [-0.05, 0) is 30.5 Å². The molecule has 0 saturated carbocycles. The Morgan fingerprint density at radius 1 is 1.08 bits per heavy atom. The molecule has 0 atom stereocenters. The number of rotatable bonds is 4. The number of hydrogen-bond acceptors (Lipinski definition) is 0. The lowest BCUT2D eigenvalue weighted by molar-refractivity contribution is 0.717. The number of halogens is 1. The Labute approximate surface area is 105 Å². The lowest BCUT2D eigenvalue weighted by atomic mass is 10.1. The van der Waals surface area contributed by atoms with E-state index in [1.54, 1.807) is 0 Å². The van der Waals surface area contributed by atoms with E-state index in [4.69, 9.17) is 0 Å². The minimum atomic E-state index is 0. The van der Waals surface area contributed by atoms with Crippen LogP contribution in [0.3, 0.4) is 0 Å². The summed E-state index contributed by atoms with van der Waals surface area (Å²) in [6, 6.07) is 8.61. The fraction of sp³-hybridized carbons (Fsp3) is 0.455. The summed E-state index contributed by atoms with van der Waals surface area (Å²) in [7, 11) is 0. The molecule has 0 aliphatic carbocycles. The van der Waals surface area contributed by atoms with Crippen LogP contribution in [0.4, 0.5) is 0 Å². The fourth-order valence-corrected chi connectivity index (χ4v) is 1.49. The van der Waals surface area contributed by atoms with Gasteiger partial charge in [-0.25, -0.2) is 0 Å². The predicted molar refractivity (Wildman–Crippen MR) is 65.9 cm³/mol. The summed E-state index contributed by atoms with van der Waals surface area (Å²) in [6.45, 7) is 2.24. The van der Waals surface area contributed by atoms with E-state index in [-0.39, 0.29) is 23.1 Å². The summed E-state index contributed by atoms with van der Waals surface area (Å²) < 4.78 is 1.17. The highest BCUT2D eigenvalue weighted by Gasteiger charge is 1.92. The third-order valence-electron chi connectivity index (χ3n) is 1.98. The van der Waals surface area contributed by atoms with Gasteiger partial charge in [0, 0.05) is 4.47 Å². The van der Waals surface area contributed by atoms with Gasteiger partial charge in [-0.1, -0.05) is 47.8 Å². The van der Waals surface area contributed by atoms with Gasteiger partial charge in [-0.3, -0.25) is 0 Å². The van der Waals surface area contributed by atoms with E-state index >= 15 is 0 Å². The van der Waals surface area contributed by atoms with Crippen LogP contribution in [-0.4, -0.2) is 23.1 Å². The molecule has 0 spiro atoms. The molecule has 0 aliphatic rings. The molecule has 0 N–H and O–H groups in total. The van der Waals surface area contributed by atoms with Crippen molar-refractivity contribution in [1.82, 2.24) is 0 Å². The van der Waals surface area contributed by atoms with Crippen LogP contribution in [-0.2, 0) is 6.42 Å². The first-order valence-electron chi connectivity index (χ1n) is 4.57. The Bertz CT molecular complexity index is 218. The zero-order valence-electron chi connectivity index (χ0n) is 7.52. The molecule has 1 aromatic rings. The largest absolute Gasteiger partial charge is 0.316 e. The SMILES string of the molecule is CCCCCc1ccc(Br)cc1.[MgH2]. The Morgan fingerprint density at radius 2 is 1.69 bits per heavy atom. The molecule has 1 rings (SSSR count). The molecule has 0 aromatic heterocycles. The lowest BCUT2D eigenvalue weighted by Crippen LogP contribution is -1.83. The minimum absolute atomic E-state index is 0. The summed E-state index contributed by atoms with van der Waals surface area (Å²) in [6.07, 6.45) is 5.19. The second-order valence-electron chi connectivity index (χ2n) is 3.08. The number of hydrogen-bond donors (Lipinski definition) is 0. The van der Waals surface area contributed by atoms with E-state index in [1.165, 1.54) is 35.7 Å². The highest BCUT2D eigenvalue weighted by Crippen LogP contribution is 2.12. The first kappa shape index (κ1) is 13.5. The van der Waals surface area contributed by atoms with Gasteiger partial charge in [0.25, 0.3) is 0 Å². The van der Waals surface area contributed by atoms with E-state index in [1.807, 2.05) is 0 Å². The van der Waals surface area contributed by atoms with Gasteiger partial charge in [0.05, 0.1) is 0 Å². The summed E-state index contributed by atoms with van der Waals surface area (Å²) in [4.78, 5) is 0. The first-order chi connectivity index (χ1) is 5.83. The second-order valence-corrected chi connectivity index (χ2v) is 4.00. The Kier molecular flexibility index (Phi) is 8.11. The predicted octanol–water partition coefficient (Wildman–Crippen LogP) is 3.27. The highest BCUT2D eigenvalue weighted by atomic mass is 79.9. The summed E-state index contributed by atoms with van der Waals surface area (Å²) in [5.41, 5.74) is 1.45. The van der Waals surface area contributed by atoms with Crippen LogP contribution < -0.4 is 0 Å². The van der Waals surface area contributed by atoms with Crippen molar-refractivity contribution in [3.8, 4) is 0 Å². The van der Waals surface area contributed by atoms with Crippen molar-refractivity contribution >= 4 is 39.0 Å². The maximum Gasteiger partial charge on any atom is 0.316 e. The van der Waals surface area contributed by atoms with Gasteiger partial charge in [-0.15, -0.1) is 0 Å². The van der Waals surface area contributed by atoms with Crippen LogP contribution in [0.25, 0.3) is 0 Å². The number of aryl methyl sites for hydroxylation is 1. The maximum absolute atomic E-state index is 3.43. The first-order valence-corrected chi connectivity index (χ1v) is 5.36. The zero-order chi connectivity index (χ0) is 8.81. The van der Waals surface area contributed by atoms with E-state index in [2.05, 4.69) is 47.1 Å². The monoisotopic (exact) mass is 252 g/mol. The van der Waals surface area contributed by atoms with E-state index in [0.29, 0.717) is 0 Å². The summed E-state index contributed by atoms with van der Waals surface area (Å²) in [5, 5.41) is 0. The van der Waals surface area contributed by atoms with Gasteiger partial charge in [0.1, 0.15) is 0 Å². The molecule has 0 aliphatic heterocycles. The molecule has 0 radical (unpaired) electrons. The Balaban J connectivity index is 0.00000144. The van der Waals surface area contributed by atoms with E-state index in [9.17, 15) is 0 Å². The van der Waals surface area contributed by atoms with Crippen LogP contribution in [0.5, 0.6) is 0 Å². The molecule has 2 heteroatoms.